The second-order valence-electron chi connectivity index (χ2n) is 6.60. The van der Waals surface area contributed by atoms with Gasteiger partial charge in [-0.2, -0.15) is 0 Å². The third-order valence-electron chi connectivity index (χ3n) is 4.80. The van der Waals surface area contributed by atoms with E-state index in [-0.39, 0.29) is 5.91 Å². The predicted molar refractivity (Wildman–Crippen MR) is 106 cm³/mol. The van der Waals surface area contributed by atoms with E-state index in [0.717, 1.165) is 31.9 Å². The number of amides is 1. The summed E-state index contributed by atoms with van der Waals surface area (Å²) >= 11 is 0. The standard InChI is InChI=1S/C20H25N5O/c1-23-16-6-7-18(21)17(13-16)19(22)14-4-3-5-15(12-14)20(26)25-10-8-24(2)9-11-25/h3-7,12-13,22-23H,8-11,21H2,1-2H3. The van der Waals surface area contributed by atoms with E-state index >= 15 is 0 Å². The molecule has 1 aliphatic heterocycles. The second-order valence-corrected chi connectivity index (χ2v) is 6.60. The quantitative estimate of drug-likeness (QED) is 0.582. The van der Waals surface area contributed by atoms with Gasteiger partial charge in [0.15, 0.2) is 0 Å². The summed E-state index contributed by atoms with van der Waals surface area (Å²) in [6.07, 6.45) is 0. The van der Waals surface area contributed by atoms with Gasteiger partial charge in [0, 0.05) is 61.3 Å². The molecule has 3 rings (SSSR count). The third kappa shape index (κ3) is 3.70. The van der Waals surface area contributed by atoms with Gasteiger partial charge in [-0.3, -0.25) is 10.2 Å². The van der Waals surface area contributed by atoms with E-state index in [9.17, 15) is 4.79 Å². The van der Waals surface area contributed by atoms with Crippen molar-refractivity contribution in [2.24, 2.45) is 0 Å². The minimum absolute atomic E-state index is 0.0182. The van der Waals surface area contributed by atoms with E-state index in [4.69, 9.17) is 11.1 Å². The molecular formula is C20H25N5O. The molecule has 0 atom stereocenters. The lowest BCUT2D eigenvalue weighted by Gasteiger charge is -2.32. The Morgan fingerprint density at radius 1 is 1.08 bits per heavy atom. The number of rotatable bonds is 4. The van der Waals surface area contributed by atoms with Crippen molar-refractivity contribution >= 4 is 23.0 Å². The summed E-state index contributed by atoms with van der Waals surface area (Å²) in [5, 5.41) is 11.6. The number of benzene rings is 2. The van der Waals surface area contributed by atoms with Gasteiger partial charge >= 0.3 is 0 Å². The fourth-order valence-electron chi connectivity index (χ4n) is 3.08. The molecule has 0 unspecified atom stereocenters. The van der Waals surface area contributed by atoms with Gasteiger partial charge in [-0.15, -0.1) is 0 Å². The van der Waals surface area contributed by atoms with Gasteiger partial charge in [-0.05, 0) is 37.4 Å². The highest BCUT2D eigenvalue weighted by Gasteiger charge is 2.21. The van der Waals surface area contributed by atoms with Crippen molar-refractivity contribution in [1.82, 2.24) is 9.80 Å². The van der Waals surface area contributed by atoms with Gasteiger partial charge in [0.2, 0.25) is 0 Å². The van der Waals surface area contributed by atoms with Crippen LogP contribution in [0.2, 0.25) is 0 Å². The zero-order valence-electron chi connectivity index (χ0n) is 15.2. The van der Waals surface area contributed by atoms with Crippen LogP contribution in [0.1, 0.15) is 21.5 Å². The fourth-order valence-corrected chi connectivity index (χ4v) is 3.08. The lowest BCUT2D eigenvalue weighted by atomic mass is 9.98. The Bertz CT molecular complexity index is 825. The summed E-state index contributed by atoms with van der Waals surface area (Å²) in [4.78, 5) is 16.9. The molecule has 2 aromatic rings. The van der Waals surface area contributed by atoms with E-state index in [2.05, 4.69) is 17.3 Å². The number of nitrogens with one attached hydrogen (secondary N) is 2. The van der Waals surface area contributed by atoms with Crippen LogP contribution < -0.4 is 11.1 Å². The minimum atomic E-state index is 0.0182. The number of nitrogens with zero attached hydrogens (tertiary/aromatic N) is 2. The molecule has 1 aliphatic rings. The molecule has 2 aromatic carbocycles. The molecule has 6 heteroatoms. The van der Waals surface area contributed by atoms with Crippen LogP contribution in [-0.4, -0.2) is 61.7 Å². The molecule has 1 saturated heterocycles. The number of hydrogen-bond acceptors (Lipinski definition) is 5. The molecule has 0 saturated carbocycles. The fraction of sp³-hybridized carbons (Fsp3) is 0.300. The molecule has 1 amide bonds. The van der Waals surface area contributed by atoms with Gasteiger partial charge in [-0.1, -0.05) is 12.1 Å². The van der Waals surface area contributed by atoms with E-state index in [1.165, 1.54) is 0 Å². The Morgan fingerprint density at radius 2 is 1.77 bits per heavy atom. The predicted octanol–water partition coefficient (Wildman–Crippen LogP) is 2.11. The first kappa shape index (κ1) is 17.9. The lowest BCUT2D eigenvalue weighted by Crippen LogP contribution is -2.47. The van der Waals surface area contributed by atoms with Crippen molar-refractivity contribution in [2.75, 3.05) is 51.3 Å². The minimum Gasteiger partial charge on any atom is -0.398 e. The van der Waals surface area contributed by atoms with Gasteiger partial charge in [-0.25, -0.2) is 0 Å². The number of nitrogens with two attached hydrogens (primary N) is 1. The van der Waals surface area contributed by atoms with E-state index < -0.39 is 0 Å². The number of hydrogen-bond donors (Lipinski definition) is 3. The summed E-state index contributed by atoms with van der Waals surface area (Å²) in [7, 11) is 3.89. The summed E-state index contributed by atoms with van der Waals surface area (Å²) in [5.74, 6) is 0.0182. The molecule has 0 aromatic heterocycles. The molecule has 0 aliphatic carbocycles. The van der Waals surface area contributed by atoms with E-state index in [1.54, 1.807) is 12.1 Å². The monoisotopic (exact) mass is 351 g/mol. The van der Waals surface area contributed by atoms with Crippen LogP contribution in [0.4, 0.5) is 11.4 Å². The topological polar surface area (TPSA) is 85.4 Å². The summed E-state index contributed by atoms with van der Waals surface area (Å²) in [6, 6.07) is 12.8. The van der Waals surface area contributed by atoms with Crippen LogP contribution in [-0.2, 0) is 0 Å². The van der Waals surface area contributed by atoms with Crippen LogP contribution in [0, 0.1) is 5.41 Å². The third-order valence-corrected chi connectivity index (χ3v) is 4.80. The van der Waals surface area contributed by atoms with Crippen molar-refractivity contribution in [3.63, 3.8) is 0 Å². The first-order valence-corrected chi connectivity index (χ1v) is 8.74. The maximum absolute atomic E-state index is 12.8. The normalized spacial score (nSPS) is 14.9. The van der Waals surface area contributed by atoms with Gasteiger partial charge < -0.3 is 20.9 Å². The number of carbonyl (C=O) groups is 1. The highest BCUT2D eigenvalue weighted by Crippen LogP contribution is 2.22. The van der Waals surface area contributed by atoms with Gasteiger partial charge in [0.1, 0.15) is 0 Å². The van der Waals surface area contributed by atoms with E-state index in [0.29, 0.717) is 28.1 Å². The lowest BCUT2D eigenvalue weighted by molar-refractivity contribution is 0.0664. The van der Waals surface area contributed by atoms with E-state index in [1.807, 2.05) is 42.3 Å². The molecule has 0 bridgehead atoms. The Hall–Kier alpha value is -2.86. The smallest absolute Gasteiger partial charge is 0.253 e. The molecule has 6 nitrogen and oxygen atoms in total. The molecule has 1 fully saturated rings. The van der Waals surface area contributed by atoms with Crippen LogP contribution in [0.5, 0.6) is 0 Å². The molecule has 0 spiro atoms. The maximum Gasteiger partial charge on any atom is 0.253 e. The van der Waals surface area contributed by atoms with Gasteiger partial charge in [0.05, 0.1) is 5.71 Å². The number of nitrogen functional groups attached to an aromatic ring is 1. The maximum atomic E-state index is 12.8. The average Bonchev–Trinajstić information content (AvgIpc) is 2.68. The largest absolute Gasteiger partial charge is 0.398 e. The Balaban J connectivity index is 1.85. The zero-order valence-corrected chi connectivity index (χ0v) is 15.2. The van der Waals surface area contributed by atoms with Crippen molar-refractivity contribution in [3.8, 4) is 0 Å². The number of likely N-dealkylation sites (N-methyl/N-ethyl adjacent to an activating group) is 1. The molecule has 0 radical (unpaired) electrons. The summed E-state index contributed by atoms with van der Waals surface area (Å²) in [6.45, 7) is 3.23. The van der Waals surface area contributed by atoms with Gasteiger partial charge in [0.25, 0.3) is 5.91 Å². The summed E-state index contributed by atoms with van der Waals surface area (Å²) in [5.41, 5.74) is 9.76. The highest BCUT2D eigenvalue weighted by molar-refractivity contribution is 6.15. The summed E-state index contributed by atoms with van der Waals surface area (Å²) < 4.78 is 0. The number of anilines is 2. The Morgan fingerprint density at radius 3 is 2.46 bits per heavy atom. The van der Waals surface area contributed by atoms with Crippen molar-refractivity contribution in [3.05, 3.63) is 59.2 Å². The highest BCUT2D eigenvalue weighted by atomic mass is 16.2. The van der Waals surface area contributed by atoms with Crippen LogP contribution >= 0.6 is 0 Å². The number of piperazine rings is 1. The van der Waals surface area contributed by atoms with Crippen LogP contribution in [0.25, 0.3) is 0 Å². The van der Waals surface area contributed by atoms with Crippen molar-refractivity contribution in [2.45, 2.75) is 0 Å². The molecule has 1 heterocycles. The SMILES string of the molecule is CNc1ccc(N)c(C(=N)c2cccc(C(=O)N3CCN(C)CC3)c2)c1. The van der Waals surface area contributed by atoms with Crippen LogP contribution in [0.15, 0.2) is 42.5 Å². The number of carbonyl (C=O) groups excluding carboxylic acids is 1. The molecule has 136 valence electrons. The Kier molecular flexibility index (Phi) is 5.23. The molecule has 4 N–H and O–H groups in total. The first-order chi connectivity index (χ1) is 12.5. The van der Waals surface area contributed by atoms with Crippen molar-refractivity contribution in [1.29, 1.82) is 5.41 Å². The second kappa shape index (κ2) is 7.58. The molecular weight excluding hydrogens is 326 g/mol. The Labute approximate surface area is 154 Å². The average molecular weight is 351 g/mol. The van der Waals surface area contributed by atoms with Crippen LogP contribution in [0.3, 0.4) is 0 Å². The van der Waals surface area contributed by atoms with Crippen molar-refractivity contribution < 1.29 is 4.79 Å². The zero-order chi connectivity index (χ0) is 18.7. The first-order valence-electron chi connectivity index (χ1n) is 8.74. The molecule has 26 heavy (non-hydrogen) atoms.